The summed E-state index contributed by atoms with van der Waals surface area (Å²) in [5.41, 5.74) is 8.62. The van der Waals surface area contributed by atoms with Gasteiger partial charge < -0.3 is 15.6 Å². The smallest absolute Gasteiger partial charge is 0.119 e. The summed E-state index contributed by atoms with van der Waals surface area (Å²) in [6.07, 6.45) is -0.615. The third kappa shape index (κ3) is 2.49. The minimum Gasteiger partial charge on any atom is -0.497 e. The molecular formula is C12H19NO2. The summed E-state index contributed by atoms with van der Waals surface area (Å²) < 4.78 is 5.16. The van der Waals surface area contributed by atoms with Gasteiger partial charge in [-0.25, -0.2) is 0 Å². The van der Waals surface area contributed by atoms with E-state index in [1.807, 2.05) is 26.0 Å². The fourth-order valence-electron chi connectivity index (χ4n) is 1.78. The molecule has 1 aromatic carbocycles. The van der Waals surface area contributed by atoms with E-state index in [1.165, 1.54) is 0 Å². The van der Waals surface area contributed by atoms with Gasteiger partial charge in [-0.15, -0.1) is 0 Å². The number of aliphatic hydroxyl groups is 1. The molecule has 0 saturated heterocycles. The fourth-order valence-corrected chi connectivity index (χ4v) is 1.78. The van der Waals surface area contributed by atoms with E-state index in [1.54, 1.807) is 14.0 Å². The van der Waals surface area contributed by atoms with Crippen LogP contribution in [0.2, 0.25) is 0 Å². The Hall–Kier alpha value is -1.06. The van der Waals surface area contributed by atoms with Crippen LogP contribution in [0.3, 0.4) is 0 Å². The number of hydrogen-bond acceptors (Lipinski definition) is 3. The summed E-state index contributed by atoms with van der Waals surface area (Å²) in [4.78, 5) is 0. The average molecular weight is 209 g/mol. The zero-order valence-corrected chi connectivity index (χ0v) is 9.74. The van der Waals surface area contributed by atoms with Gasteiger partial charge in [0.25, 0.3) is 0 Å². The van der Waals surface area contributed by atoms with Gasteiger partial charge >= 0.3 is 0 Å². The van der Waals surface area contributed by atoms with Gasteiger partial charge in [-0.05, 0) is 49.6 Å². The van der Waals surface area contributed by atoms with Crippen molar-refractivity contribution in [1.29, 1.82) is 0 Å². The van der Waals surface area contributed by atoms with Crippen LogP contribution in [0.15, 0.2) is 12.1 Å². The zero-order valence-electron chi connectivity index (χ0n) is 9.74. The highest BCUT2D eigenvalue weighted by atomic mass is 16.5. The van der Waals surface area contributed by atoms with E-state index in [-0.39, 0.29) is 6.04 Å². The van der Waals surface area contributed by atoms with Crippen LogP contribution in [0.4, 0.5) is 0 Å². The van der Waals surface area contributed by atoms with Crippen molar-refractivity contribution >= 4 is 0 Å². The van der Waals surface area contributed by atoms with E-state index in [0.717, 1.165) is 22.4 Å². The van der Waals surface area contributed by atoms with E-state index in [2.05, 4.69) is 0 Å². The Morgan fingerprint density at radius 3 is 2.07 bits per heavy atom. The molecule has 0 radical (unpaired) electrons. The summed E-state index contributed by atoms with van der Waals surface area (Å²) in [6.45, 7) is 5.71. The van der Waals surface area contributed by atoms with Gasteiger partial charge in [0.05, 0.1) is 13.2 Å². The highest BCUT2D eigenvalue weighted by Gasteiger charge is 2.17. The molecule has 2 atom stereocenters. The van der Waals surface area contributed by atoms with E-state index in [0.29, 0.717) is 0 Å². The van der Waals surface area contributed by atoms with Crippen molar-refractivity contribution in [3.63, 3.8) is 0 Å². The van der Waals surface area contributed by atoms with Crippen LogP contribution in [0.5, 0.6) is 5.75 Å². The number of methoxy groups -OCH3 is 1. The fraction of sp³-hybridized carbons (Fsp3) is 0.500. The van der Waals surface area contributed by atoms with E-state index in [4.69, 9.17) is 10.5 Å². The molecule has 0 spiro atoms. The molecule has 0 aliphatic carbocycles. The van der Waals surface area contributed by atoms with Crippen molar-refractivity contribution in [3.05, 3.63) is 28.8 Å². The second-order valence-electron chi connectivity index (χ2n) is 3.98. The molecule has 1 rings (SSSR count). The first-order valence-electron chi connectivity index (χ1n) is 5.06. The Kier molecular flexibility index (Phi) is 3.72. The minimum absolute atomic E-state index is 0.268. The molecule has 0 aliphatic rings. The first kappa shape index (κ1) is 12.0. The lowest BCUT2D eigenvalue weighted by Crippen LogP contribution is -2.25. The highest BCUT2D eigenvalue weighted by Crippen LogP contribution is 2.27. The molecule has 84 valence electrons. The third-order valence-corrected chi connectivity index (χ3v) is 2.60. The minimum atomic E-state index is -0.615. The van der Waals surface area contributed by atoms with Crippen molar-refractivity contribution in [1.82, 2.24) is 0 Å². The Labute approximate surface area is 90.9 Å². The summed E-state index contributed by atoms with van der Waals surface area (Å²) in [5.74, 6) is 0.811. The van der Waals surface area contributed by atoms with Gasteiger partial charge in [-0.2, -0.15) is 0 Å². The van der Waals surface area contributed by atoms with E-state index in [9.17, 15) is 5.11 Å². The second kappa shape index (κ2) is 4.64. The lowest BCUT2D eigenvalue weighted by Gasteiger charge is -2.20. The number of benzene rings is 1. The molecule has 3 nitrogen and oxygen atoms in total. The van der Waals surface area contributed by atoms with Gasteiger partial charge in [0.2, 0.25) is 0 Å². The van der Waals surface area contributed by atoms with Crippen molar-refractivity contribution in [2.75, 3.05) is 7.11 Å². The topological polar surface area (TPSA) is 55.5 Å². The van der Waals surface area contributed by atoms with Crippen molar-refractivity contribution in [3.8, 4) is 5.75 Å². The Bertz CT molecular complexity index is 324. The molecule has 3 heteroatoms. The lowest BCUT2D eigenvalue weighted by atomic mass is 9.94. The van der Waals surface area contributed by atoms with Crippen LogP contribution in [0, 0.1) is 13.8 Å². The Balaban J connectivity index is 3.19. The van der Waals surface area contributed by atoms with Crippen molar-refractivity contribution in [2.24, 2.45) is 5.73 Å². The summed E-state index contributed by atoms with van der Waals surface area (Å²) in [5, 5.41) is 9.96. The van der Waals surface area contributed by atoms with Gasteiger partial charge in [0, 0.05) is 6.04 Å². The van der Waals surface area contributed by atoms with E-state index >= 15 is 0 Å². The maximum atomic E-state index is 9.96. The predicted octanol–water partition coefficient (Wildman–Crippen LogP) is 1.69. The number of aryl methyl sites for hydroxylation is 2. The lowest BCUT2D eigenvalue weighted by molar-refractivity contribution is 0.152. The summed E-state index contributed by atoms with van der Waals surface area (Å²) >= 11 is 0. The first-order valence-corrected chi connectivity index (χ1v) is 5.06. The van der Waals surface area contributed by atoms with Gasteiger partial charge in [-0.1, -0.05) is 0 Å². The molecule has 0 amide bonds. The molecule has 0 saturated carbocycles. The average Bonchev–Trinajstić information content (AvgIpc) is 2.16. The Morgan fingerprint density at radius 2 is 1.73 bits per heavy atom. The molecule has 0 aliphatic heterocycles. The molecule has 0 fully saturated rings. The molecule has 1 aromatic rings. The van der Waals surface area contributed by atoms with Crippen LogP contribution in [-0.4, -0.2) is 18.3 Å². The summed E-state index contributed by atoms with van der Waals surface area (Å²) in [6, 6.07) is 3.55. The number of ether oxygens (including phenoxy) is 1. The van der Waals surface area contributed by atoms with Gasteiger partial charge in [0.15, 0.2) is 0 Å². The normalized spacial score (nSPS) is 14.8. The number of hydrogen-bond donors (Lipinski definition) is 2. The zero-order chi connectivity index (χ0) is 11.6. The monoisotopic (exact) mass is 209 g/mol. The number of nitrogens with two attached hydrogens (primary N) is 1. The summed E-state index contributed by atoms with van der Waals surface area (Å²) in [7, 11) is 1.63. The van der Waals surface area contributed by atoms with Crippen LogP contribution in [-0.2, 0) is 0 Å². The molecule has 0 aromatic heterocycles. The molecule has 0 heterocycles. The second-order valence-corrected chi connectivity index (χ2v) is 3.98. The largest absolute Gasteiger partial charge is 0.497 e. The van der Waals surface area contributed by atoms with Crippen molar-refractivity contribution < 1.29 is 9.84 Å². The Morgan fingerprint density at radius 1 is 1.27 bits per heavy atom. The van der Waals surface area contributed by atoms with Crippen molar-refractivity contribution in [2.45, 2.75) is 32.9 Å². The van der Waals surface area contributed by atoms with E-state index < -0.39 is 6.10 Å². The highest BCUT2D eigenvalue weighted by molar-refractivity contribution is 5.42. The van der Waals surface area contributed by atoms with Crippen LogP contribution in [0.1, 0.15) is 29.7 Å². The molecule has 0 unspecified atom stereocenters. The van der Waals surface area contributed by atoms with Gasteiger partial charge in [-0.3, -0.25) is 0 Å². The number of aliphatic hydroxyl groups excluding tert-OH is 1. The third-order valence-electron chi connectivity index (χ3n) is 2.60. The molecule has 15 heavy (non-hydrogen) atoms. The molecular weight excluding hydrogens is 190 g/mol. The SMILES string of the molecule is COc1cc(C)c([C@@H](O)[C@H](C)N)c(C)c1. The van der Waals surface area contributed by atoms with Crippen LogP contribution in [0.25, 0.3) is 0 Å². The van der Waals surface area contributed by atoms with Crippen LogP contribution >= 0.6 is 0 Å². The molecule has 3 N–H and O–H groups in total. The quantitative estimate of drug-likeness (QED) is 0.796. The van der Waals surface area contributed by atoms with Crippen LogP contribution < -0.4 is 10.5 Å². The standard InChI is InChI=1S/C12H19NO2/c1-7-5-10(15-4)6-8(2)11(7)12(14)9(3)13/h5-6,9,12,14H,13H2,1-4H3/t9-,12-/m0/s1. The maximum Gasteiger partial charge on any atom is 0.119 e. The maximum absolute atomic E-state index is 9.96. The number of rotatable bonds is 3. The first-order chi connectivity index (χ1) is 6.97. The molecule has 0 bridgehead atoms. The predicted molar refractivity (Wildman–Crippen MR) is 61.1 cm³/mol. The van der Waals surface area contributed by atoms with Gasteiger partial charge in [0.1, 0.15) is 5.75 Å².